The Kier molecular flexibility index (Phi) is 5.47. The Morgan fingerprint density at radius 3 is 2.46 bits per heavy atom. The molecule has 7 heteroatoms. The molecule has 5 nitrogen and oxygen atoms in total. The molecule has 0 spiro atoms. The second kappa shape index (κ2) is 7.54. The summed E-state index contributed by atoms with van der Waals surface area (Å²) < 4.78 is 32.9. The molecule has 0 atom stereocenters. The van der Waals surface area contributed by atoms with Crippen molar-refractivity contribution in [1.29, 1.82) is 0 Å². The van der Waals surface area contributed by atoms with Crippen molar-refractivity contribution in [2.75, 3.05) is 6.61 Å². The summed E-state index contributed by atoms with van der Waals surface area (Å²) in [5.74, 6) is -5.86. The smallest absolute Gasteiger partial charge is 0.382 e. The Labute approximate surface area is 136 Å². The summed E-state index contributed by atoms with van der Waals surface area (Å²) in [6.07, 6.45) is 0.460. The Bertz CT molecular complexity index is 716. The SMILES string of the molecule is CCOC(=O)C(F)(F)c1ccc(C=O)cc1OOc1ccccc1. The van der Waals surface area contributed by atoms with Crippen LogP contribution in [0.2, 0.25) is 0 Å². The van der Waals surface area contributed by atoms with Gasteiger partial charge < -0.3 is 4.74 Å². The van der Waals surface area contributed by atoms with Crippen molar-refractivity contribution in [2.24, 2.45) is 0 Å². The van der Waals surface area contributed by atoms with Gasteiger partial charge in [0.1, 0.15) is 6.29 Å². The molecule has 0 aliphatic carbocycles. The van der Waals surface area contributed by atoms with Crippen LogP contribution in [0.25, 0.3) is 0 Å². The van der Waals surface area contributed by atoms with Gasteiger partial charge in [0.15, 0.2) is 11.5 Å². The minimum Gasteiger partial charge on any atom is -0.461 e. The highest BCUT2D eigenvalue weighted by molar-refractivity contribution is 5.82. The van der Waals surface area contributed by atoms with E-state index < -0.39 is 23.2 Å². The standard InChI is InChI=1S/C17H14F2O5/c1-2-22-16(21)17(18,19)14-9-8-12(11-20)10-15(14)24-23-13-6-4-3-5-7-13/h3-11H,2H2,1H3. The van der Waals surface area contributed by atoms with Gasteiger partial charge in [0.05, 0.1) is 12.2 Å². The topological polar surface area (TPSA) is 61.8 Å². The number of esters is 1. The summed E-state index contributed by atoms with van der Waals surface area (Å²) >= 11 is 0. The third-order valence-electron chi connectivity index (χ3n) is 2.98. The molecule has 0 fully saturated rings. The highest BCUT2D eigenvalue weighted by Crippen LogP contribution is 2.37. The first-order valence-corrected chi connectivity index (χ1v) is 7.03. The van der Waals surface area contributed by atoms with E-state index in [0.717, 1.165) is 18.2 Å². The lowest BCUT2D eigenvalue weighted by molar-refractivity contribution is -0.174. The van der Waals surface area contributed by atoms with E-state index in [1.807, 2.05) is 0 Å². The average Bonchev–Trinajstić information content (AvgIpc) is 2.60. The molecule has 0 aliphatic heterocycles. The van der Waals surface area contributed by atoms with Crippen molar-refractivity contribution in [2.45, 2.75) is 12.8 Å². The highest BCUT2D eigenvalue weighted by Gasteiger charge is 2.45. The molecular formula is C17H14F2O5. The van der Waals surface area contributed by atoms with Crippen molar-refractivity contribution >= 4 is 12.3 Å². The fourth-order valence-electron chi connectivity index (χ4n) is 1.84. The van der Waals surface area contributed by atoms with Gasteiger partial charge in [-0.2, -0.15) is 8.78 Å². The van der Waals surface area contributed by atoms with Gasteiger partial charge in [0.2, 0.25) is 0 Å². The molecule has 0 saturated heterocycles. The van der Waals surface area contributed by atoms with Gasteiger partial charge >= 0.3 is 11.9 Å². The summed E-state index contributed by atoms with van der Waals surface area (Å²) in [5, 5.41) is 0. The molecule has 0 bridgehead atoms. The molecule has 0 aromatic heterocycles. The number of rotatable bonds is 7. The van der Waals surface area contributed by atoms with Crippen LogP contribution in [0, 0.1) is 0 Å². The molecule has 0 N–H and O–H groups in total. The predicted octanol–water partition coefficient (Wildman–Crippen LogP) is 3.53. The third kappa shape index (κ3) is 3.87. The Morgan fingerprint density at radius 1 is 1.12 bits per heavy atom. The number of carbonyl (C=O) groups excluding carboxylic acids is 2. The first kappa shape index (κ1) is 17.4. The van der Waals surface area contributed by atoms with Crippen LogP contribution in [-0.4, -0.2) is 18.9 Å². The first-order valence-electron chi connectivity index (χ1n) is 7.03. The van der Waals surface area contributed by atoms with Crippen LogP contribution in [0.5, 0.6) is 11.5 Å². The number of hydrogen-bond donors (Lipinski definition) is 0. The average molecular weight is 336 g/mol. The van der Waals surface area contributed by atoms with Crippen LogP contribution in [0.15, 0.2) is 48.5 Å². The molecule has 2 aromatic rings. The minimum absolute atomic E-state index is 0.0880. The van der Waals surface area contributed by atoms with Crippen LogP contribution in [0.4, 0.5) is 8.78 Å². The number of ether oxygens (including phenoxy) is 1. The van der Waals surface area contributed by atoms with E-state index in [1.54, 1.807) is 30.3 Å². The van der Waals surface area contributed by atoms with Gasteiger partial charge in [-0.05, 0) is 31.2 Å². The van der Waals surface area contributed by atoms with E-state index in [1.165, 1.54) is 6.92 Å². The summed E-state index contributed by atoms with van der Waals surface area (Å²) in [6.45, 7) is 1.22. The Morgan fingerprint density at radius 2 is 1.83 bits per heavy atom. The quantitative estimate of drug-likeness (QED) is 0.335. The van der Waals surface area contributed by atoms with E-state index in [0.29, 0.717) is 6.29 Å². The number of hydrogen-bond acceptors (Lipinski definition) is 5. The lowest BCUT2D eigenvalue weighted by Gasteiger charge is -2.18. The van der Waals surface area contributed by atoms with Crippen molar-refractivity contribution < 1.29 is 32.9 Å². The summed E-state index contributed by atoms with van der Waals surface area (Å²) in [5.41, 5.74) is -0.674. The van der Waals surface area contributed by atoms with Crippen LogP contribution in [0.1, 0.15) is 22.8 Å². The van der Waals surface area contributed by atoms with Crippen LogP contribution in [0.3, 0.4) is 0 Å². The molecule has 0 heterocycles. The zero-order valence-corrected chi connectivity index (χ0v) is 12.7. The molecule has 0 saturated carbocycles. The van der Waals surface area contributed by atoms with Crippen molar-refractivity contribution in [3.05, 3.63) is 59.7 Å². The van der Waals surface area contributed by atoms with E-state index >= 15 is 0 Å². The lowest BCUT2D eigenvalue weighted by atomic mass is 10.0. The fourth-order valence-corrected chi connectivity index (χ4v) is 1.84. The van der Waals surface area contributed by atoms with E-state index in [4.69, 9.17) is 9.78 Å². The monoisotopic (exact) mass is 336 g/mol. The molecule has 126 valence electrons. The summed E-state index contributed by atoms with van der Waals surface area (Å²) in [4.78, 5) is 32.3. The normalized spacial score (nSPS) is 10.8. The number of benzene rings is 2. The maximum absolute atomic E-state index is 14.3. The number of alkyl halides is 2. The van der Waals surface area contributed by atoms with Gasteiger partial charge in [-0.3, -0.25) is 14.6 Å². The van der Waals surface area contributed by atoms with Gasteiger partial charge in [-0.15, -0.1) is 0 Å². The minimum atomic E-state index is -3.95. The lowest BCUT2D eigenvalue weighted by Crippen LogP contribution is -2.29. The fraction of sp³-hybridized carbons (Fsp3) is 0.176. The van der Waals surface area contributed by atoms with Gasteiger partial charge in [0.25, 0.3) is 0 Å². The maximum atomic E-state index is 14.3. The molecule has 24 heavy (non-hydrogen) atoms. The second-order valence-electron chi connectivity index (χ2n) is 4.65. The van der Waals surface area contributed by atoms with Crippen LogP contribution >= 0.6 is 0 Å². The van der Waals surface area contributed by atoms with Gasteiger partial charge in [0, 0.05) is 5.56 Å². The second-order valence-corrected chi connectivity index (χ2v) is 4.65. The molecule has 0 amide bonds. The zero-order chi connectivity index (χ0) is 17.6. The van der Waals surface area contributed by atoms with E-state index in [9.17, 15) is 18.4 Å². The highest BCUT2D eigenvalue weighted by atomic mass is 19.3. The molecule has 0 radical (unpaired) electrons. The molecular weight excluding hydrogens is 322 g/mol. The van der Waals surface area contributed by atoms with E-state index in [2.05, 4.69) is 4.74 Å². The largest absolute Gasteiger partial charge is 0.461 e. The van der Waals surface area contributed by atoms with Gasteiger partial charge in [-0.1, -0.05) is 24.3 Å². The van der Waals surface area contributed by atoms with Crippen LogP contribution in [-0.2, 0) is 15.5 Å². The number of para-hydroxylation sites is 1. The number of carbonyl (C=O) groups is 2. The Hall–Kier alpha value is -2.96. The summed E-state index contributed by atoms with van der Waals surface area (Å²) in [6, 6.07) is 11.3. The maximum Gasteiger partial charge on any atom is 0.382 e. The molecule has 0 unspecified atom stereocenters. The molecule has 2 rings (SSSR count). The Balaban J connectivity index is 2.33. The van der Waals surface area contributed by atoms with Gasteiger partial charge in [-0.25, -0.2) is 4.79 Å². The third-order valence-corrected chi connectivity index (χ3v) is 2.98. The molecule has 0 aliphatic rings. The van der Waals surface area contributed by atoms with Crippen molar-refractivity contribution in [3.63, 3.8) is 0 Å². The van der Waals surface area contributed by atoms with Crippen molar-refractivity contribution in [3.8, 4) is 11.5 Å². The number of aldehydes is 1. The van der Waals surface area contributed by atoms with E-state index in [-0.39, 0.29) is 17.9 Å². The predicted molar refractivity (Wildman–Crippen MR) is 80.1 cm³/mol. The van der Waals surface area contributed by atoms with Crippen LogP contribution < -0.4 is 9.78 Å². The zero-order valence-electron chi connectivity index (χ0n) is 12.7. The molecule has 2 aromatic carbocycles. The number of halogens is 2. The summed E-state index contributed by atoms with van der Waals surface area (Å²) in [7, 11) is 0. The first-order chi connectivity index (χ1) is 11.5. The van der Waals surface area contributed by atoms with Crippen molar-refractivity contribution in [1.82, 2.24) is 0 Å².